The molecule has 0 aliphatic rings. The molecule has 0 saturated heterocycles. The Kier molecular flexibility index (Phi) is 8.45. The first-order valence-corrected chi connectivity index (χ1v) is 16.3. The zero-order valence-electron chi connectivity index (χ0n) is 14.9. The third-order valence-corrected chi connectivity index (χ3v) is 20.6. The molecule has 0 saturated carbocycles. The van der Waals surface area contributed by atoms with Crippen LogP contribution in [-0.2, 0) is 6.18 Å². The minimum absolute atomic E-state index is 0.497. The summed E-state index contributed by atoms with van der Waals surface area (Å²) in [5.41, 5.74) is 0.497. The minimum atomic E-state index is -4.43. The standard InChI is InChI=1S/C5H3F3NO.3C4H9.Sn/c1-3-2-4(10-9-3)5(6,7)8;3*1-3-4-2;/h1H3;3*1,3-4H2,2H3;. The molecule has 1 aromatic rings. The molecule has 0 aliphatic heterocycles. The van der Waals surface area contributed by atoms with Crippen molar-refractivity contribution in [3.63, 3.8) is 0 Å². The van der Waals surface area contributed by atoms with Crippen LogP contribution >= 0.6 is 0 Å². The molecule has 23 heavy (non-hydrogen) atoms. The first kappa shape index (κ1) is 20.8. The van der Waals surface area contributed by atoms with Crippen LogP contribution in [0.3, 0.4) is 0 Å². The second kappa shape index (κ2) is 9.33. The van der Waals surface area contributed by atoms with Gasteiger partial charge in [0, 0.05) is 0 Å². The topological polar surface area (TPSA) is 26.0 Å². The Morgan fingerprint density at radius 2 is 1.35 bits per heavy atom. The van der Waals surface area contributed by atoms with Gasteiger partial charge in [0.15, 0.2) is 0 Å². The first-order valence-electron chi connectivity index (χ1n) is 8.86. The monoisotopic (exact) mass is 441 g/mol. The quantitative estimate of drug-likeness (QED) is 0.414. The van der Waals surface area contributed by atoms with Crippen LogP contribution in [0.1, 0.15) is 70.8 Å². The van der Waals surface area contributed by atoms with E-state index < -0.39 is 30.3 Å². The third-order valence-electron chi connectivity index (χ3n) is 4.68. The molecule has 2 nitrogen and oxygen atoms in total. The van der Waals surface area contributed by atoms with Gasteiger partial charge in [-0.3, -0.25) is 0 Å². The molecule has 1 aromatic heterocycles. The van der Waals surface area contributed by atoms with Crippen LogP contribution in [0.25, 0.3) is 0 Å². The fraction of sp³-hybridized carbons (Fsp3) is 0.824. The van der Waals surface area contributed by atoms with Crippen LogP contribution < -0.4 is 3.58 Å². The fourth-order valence-electron chi connectivity index (χ4n) is 3.48. The molecular formula is C17H30F3NOSn. The van der Waals surface area contributed by atoms with Gasteiger partial charge in [-0.25, -0.2) is 0 Å². The number of halogens is 3. The van der Waals surface area contributed by atoms with E-state index in [9.17, 15) is 13.2 Å². The molecule has 0 N–H and O–H groups in total. The van der Waals surface area contributed by atoms with Gasteiger partial charge in [-0.1, -0.05) is 0 Å². The summed E-state index contributed by atoms with van der Waals surface area (Å²) in [4.78, 5) is 0. The average molecular weight is 440 g/mol. The molecule has 0 aliphatic carbocycles. The van der Waals surface area contributed by atoms with Crippen molar-refractivity contribution < 1.29 is 17.7 Å². The number of hydrogen-bond acceptors (Lipinski definition) is 2. The van der Waals surface area contributed by atoms with Crippen LogP contribution in [0.2, 0.25) is 13.3 Å². The van der Waals surface area contributed by atoms with Gasteiger partial charge >= 0.3 is 142 Å². The summed E-state index contributed by atoms with van der Waals surface area (Å²) >= 11 is -3.18. The van der Waals surface area contributed by atoms with Crippen molar-refractivity contribution in [1.82, 2.24) is 5.16 Å². The maximum absolute atomic E-state index is 13.5. The second-order valence-electron chi connectivity index (χ2n) is 6.56. The zero-order chi connectivity index (χ0) is 17.5. The van der Waals surface area contributed by atoms with Crippen molar-refractivity contribution in [3.8, 4) is 0 Å². The maximum atomic E-state index is 13.5. The van der Waals surface area contributed by atoms with E-state index in [1.54, 1.807) is 6.92 Å². The molecule has 6 heteroatoms. The Bertz CT molecular complexity index is 449. The predicted molar refractivity (Wildman–Crippen MR) is 90.8 cm³/mol. The van der Waals surface area contributed by atoms with Crippen molar-refractivity contribution in [2.75, 3.05) is 0 Å². The van der Waals surface area contributed by atoms with Gasteiger partial charge in [0.25, 0.3) is 0 Å². The van der Waals surface area contributed by atoms with Gasteiger partial charge in [-0.05, 0) is 0 Å². The number of rotatable bonds is 10. The van der Waals surface area contributed by atoms with Crippen molar-refractivity contribution in [2.24, 2.45) is 0 Å². The summed E-state index contributed by atoms with van der Waals surface area (Å²) in [5, 5.41) is 3.73. The average Bonchev–Trinajstić information content (AvgIpc) is 2.90. The Labute approximate surface area is 142 Å². The van der Waals surface area contributed by atoms with Crippen LogP contribution in [0.4, 0.5) is 13.2 Å². The summed E-state index contributed by atoms with van der Waals surface area (Å²) in [7, 11) is 0. The van der Waals surface area contributed by atoms with E-state index >= 15 is 0 Å². The molecule has 0 spiro atoms. The summed E-state index contributed by atoms with van der Waals surface area (Å²) < 4.78 is 48.6. The number of aromatic nitrogens is 1. The molecule has 0 aromatic carbocycles. The van der Waals surface area contributed by atoms with Crippen molar-refractivity contribution in [3.05, 3.63) is 11.5 Å². The summed E-state index contributed by atoms with van der Waals surface area (Å²) in [6.07, 6.45) is 1.72. The summed E-state index contributed by atoms with van der Waals surface area (Å²) in [6.45, 7) is 8.04. The van der Waals surface area contributed by atoms with E-state index in [4.69, 9.17) is 4.52 Å². The number of hydrogen-bond donors (Lipinski definition) is 0. The van der Waals surface area contributed by atoms with Gasteiger partial charge in [-0.15, -0.1) is 0 Å². The van der Waals surface area contributed by atoms with Crippen molar-refractivity contribution in [1.29, 1.82) is 0 Å². The van der Waals surface area contributed by atoms with Gasteiger partial charge < -0.3 is 0 Å². The summed E-state index contributed by atoms with van der Waals surface area (Å²) in [6, 6.07) is 0. The van der Waals surface area contributed by atoms with Crippen LogP contribution in [0.5, 0.6) is 0 Å². The normalized spacial score (nSPS) is 12.8. The molecule has 0 atom stereocenters. The number of alkyl halides is 3. The molecule has 0 amide bonds. The van der Waals surface area contributed by atoms with Crippen LogP contribution in [0, 0.1) is 6.92 Å². The van der Waals surface area contributed by atoms with Crippen molar-refractivity contribution >= 4 is 22.0 Å². The Hall–Kier alpha value is -0.201. The SMILES string of the molecule is CCC[CH2][Sn]([CH2]CCC)([CH2]CCC)[c]1c(C)noc1C(F)(F)F. The van der Waals surface area contributed by atoms with E-state index in [2.05, 4.69) is 25.9 Å². The molecule has 0 fully saturated rings. The van der Waals surface area contributed by atoms with E-state index in [0.717, 1.165) is 51.8 Å². The molecule has 134 valence electrons. The van der Waals surface area contributed by atoms with Gasteiger partial charge in [0.2, 0.25) is 0 Å². The van der Waals surface area contributed by atoms with E-state index in [-0.39, 0.29) is 0 Å². The predicted octanol–water partition coefficient (Wildman–Crippen LogP) is 6.06. The van der Waals surface area contributed by atoms with E-state index in [0.29, 0.717) is 9.27 Å². The molecule has 0 unspecified atom stereocenters. The zero-order valence-corrected chi connectivity index (χ0v) is 17.7. The molecule has 1 rings (SSSR count). The van der Waals surface area contributed by atoms with Gasteiger partial charge in [0.1, 0.15) is 0 Å². The Morgan fingerprint density at radius 1 is 0.913 bits per heavy atom. The van der Waals surface area contributed by atoms with Crippen LogP contribution in [0.15, 0.2) is 4.52 Å². The summed E-state index contributed by atoms with van der Waals surface area (Å²) in [5.74, 6) is -0.783. The van der Waals surface area contributed by atoms with E-state index in [1.807, 2.05) is 0 Å². The fourth-order valence-corrected chi connectivity index (χ4v) is 20.8. The molecular weight excluding hydrogens is 410 g/mol. The molecule has 0 bridgehead atoms. The molecule has 0 radical (unpaired) electrons. The number of nitrogens with zero attached hydrogens (tertiary/aromatic N) is 1. The Morgan fingerprint density at radius 3 is 1.70 bits per heavy atom. The first-order chi connectivity index (χ1) is 10.8. The van der Waals surface area contributed by atoms with Crippen LogP contribution in [-0.4, -0.2) is 23.5 Å². The van der Waals surface area contributed by atoms with E-state index in [1.165, 1.54) is 0 Å². The van der Waals surface area contributed by atoms with Gasteiger partial charge in [0.05, 0.1) is 0 Å². The molecule has 1 heterocycles. The van der Waals surface area contributed by atoms with Crippen molar-refractivity contribution in [2.45, 2.75) is 85.7 Å². The van der Waals surface area contributed by atoms with Gasteiger partial charge in [-0.2, -0.15) is 0 Å². The Balaban J connectivity index is 3.38. The number of aryl methyl sites for hydroxylation is 1. The second-order valence-corrected chi connectivity index (χ2v) is 19.6. The number of unbranched alkanes of at least 4 members (excludes halogenated alkanes) is 3. The third kappa shape index (κ3) is 5.39.